The molecular weight excluding hydrogens is 328 g/mol. The minimum atomic E-state index is -0.680. The number of ether oxygens (including phenoxy) is 1. The predicted octanol–water partition coefficient (Wildman–Crippen LogP) is 2.14. The van der Waals surface area contributed by atoms with Gasteiger partial charge in [0.15, 0.2) is 6.61 Å². The van der Waals surface area contributed by atoms with Crippen LogP contribution < -0.4 is 10.6 Å². The van der Waals surface area contributed by atoms with Crippen LogP contribution >= 0.6 is 11.5 Å². The van der Waals surface area contributed by atoms with Crippen LogP contribution in [0.25, 0.3) is 0 Å². The first-order valence-electron chi connectivity index (χ1n) is 7.15. The molecule has 0 unspecified atom stereocenters. The quantitative estimate of drug-likeness (QED) is 0.804. The largest absolute Gasteiger partial charge is 0.452 e. The Kier molecular flexibility index (Phi) is 5.87. The molecule has 2 aromatic rings. The lowest BCUT2D eigenvalue weighted by molar-refractivity contribution is -0.121. The topological polar surface area (TPSA) is 109 Å². The Morgan fingerprint density at radius 3 is 2.67 bits per heavy atom. The van der Waals surface area contributed by atoms with E-state index in [-0.39, 0.29) is 23.5 Å². The molecule has 0 saturated heterocycles. The second-order valence-electron chi connectivity index (χ2n) is 4.87. The number of carbonyl (C=O) groups excluding carboxylic acids is 2. The molecule has 0 spiro atoms. The second-order valence-corrected chi connectivity index (χ2v) is 5.68. The summed E-state index contributed by atoms with van der Waals surface area (Å²) in [4.78, 5) is 25.9. The van der Waals surface area contributed by atoms with Crippen LogP contribution in [0, 0.1) is 18.3 Å². The fraction of sp³-hybridized carbons (Fsp3) is 0.250. The van der Waals surface area contributed by atoms with E-state index < -0.39 is 18.5 Å². The average Bonchev–Trinajstić information content (AvgIpc) is 2.92. The van der Waals surface area contributed by atoms with Gasteiger partial charge in [0.05, 0.1) is 18.2 Å². The van der Waals surface area contributed by atoms with Gasteiger partial charge in [-0.3, -0.25) is 4.79 Å². The molecule has 0 atom stereocenters. The van der Waals surface area contributed by atoms with E-state index in [9.17, 15) is 9.59 Å². The van der Waals surface area contributed by atoms with Crippen LogP contribution in [0.2, 0.25) is 0 Å². The van der Waals surface area contributed by atoms with Crippen LogP contribution in [0.3, 0.4) is 0 Å². The van der Waals surface area contributed by atoms with Crippen molar-refractivity contribution in [3.05, 3.63) is 41.6 Å². The Labute approximate surface area is 143 Å². The summed E-state index contributed by atoms with van der Waals surface area (Å²) in [6, 6.07) is 10.9. The molecule has 0 aliphatic rings. The highest BCUT2D eigenvalue weighted by atomic mass is 32.1. The van der Waals surface area contributed by atoms with Crippen LogP contribution in [0.1, 0.15) is 22.5 Å². The van der Waals surface area contributed by atoms with Gasteiger partial charge in [0.1, 0.15) is 10.6 Å². The first-order valence-corrected chi connectivity index (χ1v) is 7.93. The molecule has 124 valence electrons. The molecule has 1 aromatic carbocycles. The van der Waals surface area contributed by atoms with Gasteiger partial charge in [-0.15, -0.1) is 0 Å². The molecule has 1 amide bonds. The molecular formula is C16H16N4O3S. The molecule has 2 N–H and O–H groups in total. The van der Waals surface area contributed by atoms with Crippen LogP contribution in [0.15, 0.2) is 30.3 Å². The second kappa shape index (κ2) is 8.08. The van der Waals surface area contributed by atoms with Crippen molar-refractivity contribution in [1.82, 2.24) is 4.37 Å². The van der Waals surface area contributed by atoms with Gasteiger partial charge in [0.2, 0.25) is 0 Å². The van der Waals surface area contributed by atoms with Gasteiger partial charge >= 0.3 is 5.97 Å². The van der Waals surface area contributed by atoms with Crippen molar-refractivity contribution in [2.45, 2.75) is 13.3 Å². The summed E-state index contributed by atoms with van der Waals surface area (Å²) in [7, 11) is 0. The summed E-state index contributed by atoms with van der Waals surface area (Å²) >= 11 is 1.00. The van der Waals surface area contributed by atoms with Gasteiger partial charge in [-0.05, 0) is 30.6 Å². The molecule has 8 heteroatoms. The Hall–Kier alpha value is -2.92. The molecule has 24 heavy (non-hydrogen) atoms. The zero-order valence-electron chi connectivity index (χ0n) is 13.1. The minimum Gasteiger partial charge on any atom is -0.452 e. The van der Waals surface area contributed by atoms with E-state index in [1.54, 1.807) is 31.2 Å². The van der Waals surface area contributed by atoms with E-state index in [4.69, 9.17) is 15.7 Å². The maximum atomic E-state index is 12.4. The lowest BCUT2D eigenvalue weighted by atomic mass is 10.2. The highest BCUT2D eigenvalue weighted by molar-refractivity contribution is 7.10. The summed E-state index contributed by atoms with van der Waals surface area (Å²) < 4.78 is 9.04. The van der Waals surface area contributed by atoms with E-state index in [2.05, 4.69) is 4.37 Å². The zero-order chi connectivity index (χ0) is 17.5. The minimum absolute atomic E-state index is 0.176. The molecule has 7 nitrogen and oxygen atoms in total. The first-order chi connectivity index (χ1) is 11.5. The first kappa shape index (κ1) is 17.4. The van der Waals surface area contributed by atoms with Gasteiger partial charge in [0.25, 0.3) is 5.91 Å². The fourth-order valence-electron chi connectivity index (χ4n) is 2.08. The third-order valence-electron chi connectivity index (χ3n) is 3.24. The highest BCUT2D eigenvalue weighted by Gasteiger charge is 2.21. The number of nitrogens with two attached hydrogens (primary N) is 1. The van der Waals surface area contributed by atoms with Crippen molar-refractivity contribution >= 4 is 34.1 Å². The molecule has 2 rings (SSSR count). The summed E-state index contributed by atoms with van der Waals surface area (Å²) in [6.45, 7) is 1.43. The average molecular weight is 344 g/mol. The summed E-state index contributed by atoms with van der Waals surface area (Å²) in [5.41, 5.74) is 6.99. The fourth-order valence-corrected chi connectivity index (χ4v) is 2.73. The van der Waals surface area contributed by atoms with Crippen LogP contribution in [-0.2, 0) is 9.53 Å². The number of nitriles is 1. The van der Waals surface area contributed by atoms with Crippen molar-refractivity contribution in [2.24, 2.45) is 0 Å². The number of benzene rings is 1. The maximum absolute atomic E-state index is 12.4. The lowest BCUT2D eigenvalue weighted by Gasteiger charge is -2.21. The van der Waals surface area contributed by atoms with E-state index in [0.717, 1.165) is 11.5 Å². The molecule has 0 bridgehead atoms. The van der Waals surface area contributed by atoms with Gasteiger partial charge in [-0.25, -0.2) is 4.79 Å². The van der Waals surface area contributed by atoms with Gasteiger partial charge in [0, 0.05) is 12.2 Å². The van der Waals surface area contributed by atoms with E-state index in [1.807, 2.05) is 12.1 Å². The summed E-state index contributed by atoms with van der Waals surface area (Å²) in [6.07, 6.45) is 0.176. The number of carbonyl (C=O) groups is 2. The molecule has 1 aromatic heterocycles. The number of para-hydroxylation sites is 1. The number of nitrogen functional groups attached to an aromatic ring is 1. The smallest absolute Gasteiger partial charge is 0.343 e. The van der Waals surface area contributed by atoms with Crippen molar-refractivity contribution in [1.29, 1.82) is 5.26 Å². The third-order valence-corrected chi connectivity index (χ3v) is 4.00. The monoisotopic (exact) mass is 344 g/mol. The molecule has 0 aliphatic heterocycles. The Morgan fingerprint density at radius 2 is 2.08 bits per heavy atom. The maximum Gasteiger partial charge on any atom is 0.343 e. The number of nitrogens with zero attached hydrogens (tertiary/aromatic N) is 3. The van der Waals surface area contributed by atoms with Crippen LogP contribution in [0.5, 0.6) is 0 Å². The summed E-state index contributed by atoms with van der Waals surface area (Å²) in [5.74, 6) is -1.09. The molecule has 0 fully saturated rings. The van der Waals surface area contributed by atoms with Crippen LogP contribution in [-0.4, -0.2) is 29.4 Å². The molecule has 0 saturated carbocycles. The molecule has 1 heterocycles. The zero-order valence-corrected chi connectivity index (χ0v) is 13.9. The number of esters is 1. The Morgan fingerprint density at radius 1 is 1.38 bits per heavy atom. The van der Waals surface area contributed by atoms with Crippen LogP contribution in [0.4, 0.5) is 10.7 Å². The van der Waals surface area contributed by atoms with E-state index in [1.165, 1.54) is 4.90 Å². The number of rotatable bonds is 6. The van der Waals surface area contributed by atoms with Gasteiger partial charge in [-0.1, -0.05) is 18.2 Å². The predicted molar refractivity (Wildman–Crippen MR) is 90.6 cm³/mol. The van der Waals surface area contributed by atoms with Gasteiger partial charge < -0.3 is 15.4 Å². The normalized spacial score (nSPS) is 10.0. The molecule has 0 radical (unpaired) electrons. The SMILES string of the molecule is Cc1nsc(N)c1C(=O)OCC(=O)N(CCC#N)c1ccccc1. The molecule has 0 aliphatic carbocycles. The lowest BCUT2D eigenvalue weighted by Crippen LogP contribution is -2.35. The number of hydrogen-bond acceptors (Lipinski definition) is 7. The third kappa shape index (κ3) is 4.08. The van der Waals surface area contributed by atoms with Crippen molar-refractivity contribution < 1.29 is 14.3 Å². The highest BCUT2D eigenvalue weighted by Crippen LogP contribution is 2.21. The number of anilines is 2. The number of aromatic nitrogens is 1. The van der Waals surface area contributed by atoms with Gasteiger partial charge in [-0.2, -0.15) is 9.64 Å². The summed E-state index contributed by atoms with van der Waals surface area (Å²) in [5, 5.41) is 9.01. The standard InChI is InChI=1S/C16H16N4O3S/c1-11-14(15(18)24-19-11)16(22)23-10-13(21)20(9-5-8-17)12-6-3-2-4-7-12/h2-4,6-7H,5,9-10,18H2,1H3. The van der Waals surface area contributed by atoms with Crippen molar-refractivity contribution in [3.8, 4) is 6.07 Å². The number of amides is 1. The Balaban J connectivity index is 2.05. The van der Waals surface area contributed by atoms with E-state index >= 15 is 0 Å². The number of hydrogen-bond donors (Lipinski definition) is 1. The van der Waals surface area contributed by atoms with Crippen molar-refractivity contribution in [2.75, 3.05) is 23.8 Å². The number of aryl methyl sites for hydroxylation is 1. The Bertz CT molecular complexity index is 748. The van der Waals surface area contributed by atoms with E-state index in [0.29, 0.717) is 11.4 Å². The van der Waals surface area contributed by atoms with Crippen molar-refractivity contribution in [3.63, 3.8) is 0 Å².